The van der Waals surface area contributed by atoms with Crippen LogP contribution in [0.2, 0.25) is 0 Å². The Bertz CT molecular complexity index is 56.9. The lowest BCUT2D eigenvalue weighted by Gasteiger charge is -2.09. The summed E-state index contributed by atoms with van der Waals surface area (Å²) >= 11 is 0. The summed E-state index contributed by atoms with van der Waals surface area (Å²) in [4.78, 5) is 0. The Morgan fingerprint density at radius 1 is 1.56 bits per heavy atom. The predicted octanol–water partition coefficient (Wildman–Crippen LogP) is 1.02. The number of hydrogen-bond donors (Lipinski definition) is 1. The van der Waals surface area contributed by atoms with E-state index in [1.54, 1.807) is 0 Å². The highest BCUT2D eigenvalue weighted by molar-refractivity contribution is 4.52. The number of hydrogen-bond acceptors (Lipinski definition) is 2. The highest BCUT2D eigenvalue weighted by Gasteiger charge is 1.94. The fourth-order valence-electron chi connectivity index (χ4n) is 0.488. The average Bonchev–Trinajstić information content (AvgIpc) is 1.89. The quantitative estimate of drug-likeness (QED) is 0.562. The summed E-state index contributed by atoms with van der Waals surface area (Å²) in [6.07, 6.45) is 1.11. The summed E-state index contributed by atoms with van der Waals surface area (Å²) in [5, 5.41) is 3.10. The second-order valence-electron chi connectivity index (χ2n) is 2.26. The Morgan fingerprint density at radius 3 is 2.67 bits per heavy atom. The summed E-state index contributed by atoms with van der Waals surface area (Å²) in [6, 6.07) is 0.483. The third-order valence-corrected chi connectivity index (χ3v) is 1.21. The van der Waals surface area contributed by atoms with Crippen molar-refractivity contribution in [2.24, 2.45) is 0 Å². The largest absolute Gasteiger partial charge is 0.380 e. The summed E-state index contributed by atoms with van der Waals surface area (Å²) in [5.41, 5.74) is 0. The van der Waals surface area contributed by atoms with Crippen molar-refractivity contribution in [2.45, 2.75) is 26.3 Å². The van der Waals surface area contributed by atoms with Gasteiger partial charge in [-0.15, -0.1) is 0 Å². The fraction of sp³-hybridized carbons (Fsp3) is 1.00. The maximum Gasteiger partial charge on any atom is 0.0616 e. The molecule has 0 saturated heterocycles. The molecule has 0 aromatic heterocycles. The van der Waals surface area contributed by atoms with Crippen LogP contribution in [0, 0.1) is 0 Å². The van der Waals surface area contributed by atoms with E-state index in [9.17, 15) is 0 Å². The topological polar surface area (TPSA) is 21.3 Å². The van der Waals surface area contributed by atoms with Gasteiger partial charge in [0.05, 0.1) is 6.61 Å². The lowest BCUT2D eigenvalue weighted by atomic mass is 10.4. The van der Waals surface area contributed by atoms with Crippen LogP contribution < -0.4 is 5.32 Å². The Balaban J connectivity index is 2.88. The molecule has 0 heterocycles. The second-order valence-corrected chi connectivity index (χ2v) is 2.26. The van der Waals surface area contributed by atoms with Gasteiger partial charge in [0.15, 0.2) is 0 Å². The van der Waals surface area contributed by atoms with Gasteiger partial charge >= 0.3 is 0 Å². The molecule has 0 amide bonds. The molecule has 1 N–H and O–H groups in total. The van der Waals surface area contributed by atoms with Gasteiger partial charge in [0.1, 0.15) is 0 Å². The first-order valence-electron chi connectivity index (χ1n) is 3.56. The molecule has 0 rings (SSSR count). The minimum absolute atomic E-state index is 0.483. The van der Waals surface area contributed by atoms with Gasteiger partial charge in [0, 0.05) is 12.6 Å². The van der Waals surface area contributed by atoms with E-state index in [4.69, 9.17) is 4.74 Å². The van der Waals surface area contributed by atoms with Gasteiger partial charge in [-0.3, -0.25) is 0 Å². The molecular formula is C7H17NO. The first-order valence-corrected chi connectivity index (χ1v) is 3.56. The van der Waals surface area contributed by atoms with Crippen LogP contribution in [-0.2, 0) is 4.74 Å². The van der Waals surface area contributed by atoms with Crippen LogP contribution in [0.5, 0.6) is 0 Å². The number of rotatable bonds is 5. The van der Waals surface area contributed by atoms with E-state index in [-0.39, 0.29) is 0 Å². The SMILES string of the molecule is CCCOCC(C)NC. The molecule has 1 unspecified atom stereocenters. The molecule has 0 aliphatic carbocycles. The second kappa shape index (κ2) is 6.05. The molecule has 0 aliphatic heterocycles. The van der Waals surface area contributed by atoms with Crippen molar-refractivity contribution in [3.63, 3.8) is 0 Å². The van der Waals surface area contributed by atoms with Crippen LogP contribution in [0.25, 0.3) is 0 Å². The standard InChI is InChI=1S/C7H17NO/c1-4-5-9-6-7(2)8-3/h7-8H,4-6H2,1-3H3. The molecule has 0 bridgehead atoms. The van der Waals surface area contributed by atoms with Crippen LogP contribution in [-0.4, -0.2) is 26.3 Å². The molecule has 0 saturated carbocycles. The minimum atomic E-state index is 0.483. The zero-order chi connectivity index (χ0) is 7.11. The third kappa shape index (κ3) is 5.80. The zero-order valence-corrected chi connectivity index (χ0v) is 6.61. The molecule has 56 valence electrons. The Hall–Kier alpha value is -0.0800. The van der Waals surface area contributed by atoms with Crippen LogP contribution in [0.15, 0.2) is 0 Å². The van der Waals surface area contributed by atoms with Crippen molar-refractivity contribution in [2.75, 3.05) is 20.3 Å². The molecule has 0 aliphatic rings. The average molecular weight is 131 g/mol. The Kier molecular flexibility index (Phi) is 5.99. The number of nitrogens with one attached hydrogen (secondary N) is 1. The van der Waals surface area contributed by atoms with E-state index in [0.717, 1.165) is 19.6 Å². The lowest BCUT2D eigenvalue weighted by molar-refractivity contribution is 0.118. The van der Waals surface area contributed by atoms with Gasteiger partial charge < -0.3 is 10.1 Å². The minimum Gasteiger partial charge on any atom is -0.380 e. The van der Waals surface area contributed by atoms with Gasteiger partial charge in [-0.25, -0.2) is 0 Å². The van der Waals surface area contributed by atoms with E-state index in [1.807, 2.05) is 7.05 Å². The molecule has 0 fully saturated rings. The summed E-state index contributed by atoms with van der Waals surface area (Å²) in [5.74, 6) is 0. The highest BCUT2D eigenvalue weighted by atomic mass is 16.5. The van der Waals surface area contributed by atoms with Crippen molar-refractivity contribution in [3.8, 4) is 0 Å². The predicted molar refractivity (Wildman–Crippen MR) is 39.6 cm³/mol. The lowest BCUT2D eigenvalue weighted by Crippen LogP contribution is -2.26. The maximum absolute atomic E-state index is 5.27. The number of likely N-dealkylation sites (N-methyl/N-ethyl adjacent to an activating group) is 1. The van der Waals surface area contributed by atoms with Gasteiger partial charge in [-0.2, -0.15) is 0 Å². The molecule has 1 atom stereocenters. The van der Waals surface area contributed by atoms with Crippen molar-refractivity contribution < 1.29 is 4.74 Å². The molecule has 9 heavy (non-hydrogen) atoms. The van der Waals surface area contributed by atoms with Gasteiger partial charge in [0.2, 0.25) is 0 Å². The monoisotopic (exact) mass is 131 g/mol. The van der Waals surface area contributed by atoms with E-state index in [2.05, 4.69) is 19.2 Å². The van der Waals surface area contributed by atoms with Gasteiger partial charge in [-0.05, 0) is 20.4 Å². The van der Waals surface area contributed by atoms with Crippen molar-refractivity contribution in [1.29, 1.82) is 0 Å². The number of ether oxygens (including phenoxy) is 1. The molecule has 0 aromatic rings. The molecule has 0 aromatic carbocycles. The smallest absolute Gasteiger partial charge is 0.0616 e. The Morgan fingerprint density at radius 2 is 2.22 bits per heavy atom. The van der Waals surface area contributed by atoms with Crippen molar-refractivity contribution in [1.82, 2.24) is 5.32 Å². The zero-order valence-electron chi connectivity index (χ0n) is 6.61. The van der Waals surface area contributed by atoms with Crippen LogP contribution in [0.3, 0.4) is 0 Å². The molecule has 0 spiro atoms. The maximum atomic E-state index is 5.27. The highest BCUT2D eigenvalue weighted by Crippen LogP contribution is 1.84. The summed E-state index contributed by atoms with van der Waals surface area (Å²) in [6.45, 7) is 5.93. The van der Waals surface area contributed by atoms with Crippen molar-refractivity contribution >= 4 is 0 Å². The van der Waals surface area contributed by atoms with E-state index < -0.39 is 0 Å². The first-order chi connectivity index (χ1) is 4.31. The van der Waals surface area contributed by atoms with Crippen LogP contribution >= 0.6 is 0 Å². The van der Waals surface area contributed by atoms with Crippen LogP contribution in [0.4, 0.5) is 0 Å². The van der Waals surface area contributed by atoms with Gasteiger partial charge in [-0.1, -0.05) is 6.92 Å². The van der Waals surface area contributed by atoms with Gasteiger partial charge in [0.25, 0.3) is 0 Å². The molecule has 2 heteroatoms. The molecule has 2 nitrogen and oxygen atoms in total. The Labute approximate surface area is 57.6 Å². The summed E-state index contributed by atoms with van der Waals surface area (Å²) < 4.78 is 5.27. The van der Waals surface area contributed by atoms with E-state index in [1.165, 1.54) is 0 Å². The molecular weight excluding hydrogens is 114 g/mol. The third-order valence-electron chi connectivity index (χ3n) is 1.21. The van der Waals surface area contributed by atoms with Crippen molar-refractivity contribution in [3.05, 3.63) is 0 Å². The van der Waals surface area contributed by atoms with Crippen LogP contribution in [0.1, 0.15) is 20.3 Å². The van der Waals surface area contributed by atoms with E-state index in [0.29, 0.717) is 6.04 Å². The first kappa shape index (κ1) is 8.92. The molecule has 0 radical (unpaired) electrons. The summed E-state index contributed by atoms with van der Waals surface area (Å²) in [7, 11) is 1.94. The normalized spacial score (nSPS) is 13.7. The fourth-order valence-corrected chi connectivity index (χ4v) is 0.488. The van der Waals surface area contributed by atoms with E-state index >= 15 is 0 Å².